The number of carbonyl (C=O) groups excluding carboxylic acids is 1. The zero-order valence-electron chi connectivity index (χ0n) is 16.3. The van der Waals surface area contributed by atoms with Crippen LogP contribution in [0.4, 0.5) is 0 Å². The van der Waals surface area contributed by atoms with Gasteiger partial charge >= 0.3 is 0 Å². The van der Waals surface area contributed by atoms with Crippen molar-refractivity contribution >= 4 is 23.0 Å². The number of amides is 1. The van der Waals surface area contributed by atoms with Gasteiger partial charge in [-0.1, -0.05) is 72.8 Å². The highest BCUT2D eigenvalue weighted by Gasteiger charge is 2.17. The van der Waals surface area contributed by atoms with E-state index in [1.807, 2.05) is 79.7 Å². The molecule has 1 atom stereocenters. The van der Waals surface area contributed by atoms with E-state index in [1.54, 1.807) is 6.08 Å². The highest BCUT2D eigenvalue weighted by Crippen LogP contribution is 2.22. The fraction of sp³-hybridized carbons (Fsp3) is 0.120. The molecule has 4 rings (SSSR count). The van der Waals surface area contributed by atoms with Crippen molar-refractivity contribution in [2.75, 3.05) is 0 Å². The molecule has 0 aliphatic carbocycles. The highest BCUT2D eigenvalue weighted by atomic mass is 16.1. The molecular formula is C25H23N3O. The first-order chi connectivity index (χ1) is 14.2. The van der Waals surface area contributed by atoms with Crippen molar-refractivity contribution in [3.8, 4) is 0 Å². The van der Waals surface area contributed by atoms with Gasteiger partial charge in [0.2, 0.25) is 5.91 Å². The van der Waals surface area contributed by atoms with Crippen molar-refractivity contribution in [3.63, 3.8) is 0 Å². The number of carbonyl (C=O) groups is 1. The van der Waals surface area contributed by atoms with Crippen LogP contribution in [0.15, 0.2) is 91.0 Å². The number of para-hydroxylation sites is 2. The predicted octanol–water partition coefficient (Wildman–Crippen LogP) is 4.98. The standard InChI is InChI=1S/C25H23N3O/c1-19(26-24(29)17-16-20-10-4-2-5-11-20)25-27-22-14-8-9-15-23(22)28(25)18-21-12-6-3-7-13-21/h2-17,19H,18H2,1H3,(H,26,29)/b17-16-. The average molecular weight is 381 g/mol. The van der Waals surface area contributed by atoms with Crippen LogP contribution in [0, 0.1) is 0 Å². The van der Waals surface area contributed by atoms with E-state index in [-0.39, 0.29) is 11.9 Å². The molecule has 1 heterocycles. The maximum atomic E-state index is 12.4. The van der Waals surface area contributed by atoms with E-state index < -0.39 is 0 Å². The van der Waals surface area contributed by atoms with Crippen molar-refractivity contribution < 1.29 is 4.79 Å². The minimum atomic E-state index is -0.223. The van der Waals surface area contributed by atoms with Crippen LogP contribution in [0.2, 0.25) is 0 Å². The molecule has 0 aliphatic heterocycles. The smallest absolute Gasteiger partial charge is 0.244 e. The van der Waals surface area contributed by atoms with Gasteiger partial charge in [0.15, 0.2) is 0 Å². The molecule has 0 fully saturated rings. The number of nitrogens with one attached hydrogen (secondary N) is 1. The number of nitrogens with zero attached hydrogens (tertiary/aromatic N) is 2. The monoisotopic (exact) mass is 381 g/mol. The number of imidazole rings is 1. The van der Waals surface area contributed by atoms with Crippen LogP contribution >= 0.6 is 0 Å². The molecule has 4 nitrogen and oxygen atoms in total. The molecule has 1 N–H and O–H groups in total. The molecule has 4 aromatic rings. The molecule has 0 radical (unpaired) electrons. The molecule has 0 saturated carbocycles. The summed E-state index contributed by atoms with van der Waals surface area (Å²) in [7, 11) is 0. The summed E-state index contributed by atoms with van der Waals surface area (Å²) < 4.78 is 2.18. The molecule has 3 aromatic carbocycles. The average Bonchev–Trinajstić information content (AvgIpc) is 3.12. The first kappa shape index (κ1) is 18.7. The van der Waals surface area contributed by atoms with Gasteiger partial charge in [-0.3, -0.25) is 4.79 Å². The quantitative estimate of drug-likeness (QED) is 0.479. The summed E-state index contributed by atoms with van der Waals surface area (Å²) in [6.45, 7) is 2.67. The Morgan fingerprint density at radius 3 is 2.38 bits per heavy atom. The molecule has 0 saturated heterocycles. The van der Waals surface area contributed by atoms with Crippen molar-refractivity contribution in [1.82, 2.24) is 14.9 Å². The SMILES string of the molecule is CC(NC(=O)/C=C\c1ccccc1)c1nc2ccccc2n1Cc1ccccc1. The number of fused-ring (bicyclic) bond motifs is 1. The van der Waals surface area contributed by atoms with Gasteiger partial charge in [0.1, 0.15) is 5.82 Å². The zero-order chi connectivity index (χ0) is 20.1. The Kier molecular flexibility index (Phi) is 5.52. The third-order valence-electron chi connectivity index (χ3n) is 4.84. The van der Waals surface area contributed by atoms with Gasteiger partial charge < -0.3 is 9.88 Å². The molecule has 4 heteroatoms. The molecule has 1 unspecified atom stereocenters. The number of aromatic nitrogens is 2. The second-order valence-corrected chi connectivity index (χ2v) is 7.00. The van der Waals surface area contributed by atoms with Crippen molar-refractivity contribution in [3.05, 3.63) is 108 Å². The minimum absolute atomic E-state index is 0.139. The summed E-state index contributed by atoms with van der Waals surface area (Å²) in [5, 5.41) is 3.04. The minimum Gasteiger partial charge on any atom is -0.343 e. The van der Waals surface area contributed by atoms with Gasteiger partial charge in [-0.15, -0.1) is 0 Å². The topological polar surface area (TPSA) is 46.9 Å². The van der Waals surface area contributed by atoms with E-state index in [2.05, 4.69) is 28.1 Å². The highest BCUT2D eigenvalue weighted by molar-refractivity contribution is 5.92. The normalized spacial score (nSPS) is 12.3. The Morgan fingerprint density at radius 1 is 0.966 bits per heavy atom. The maximum absolute atomic E-state index is 12.4. The van der Waals surface area contributed by atoms with Crippen molar-refractivity contribution in [1.29, 1.82) is 0 Å². The number of rotatable bonds is 6. The molecule has 29 heavy (non-hydrogen) atoms. The lowest BCUT2D eigenvalue weighted by Gasteiger charge is -2.16. The number of benzene rings is 3. The predicted molar refractivity (Wildman–Crippen MR) is 117 cm³/mol. The summed E-state index contributed by atoms with van der Waals surface area (Å²) in [5.41, 5.74) is 4.18. The van der Waals surface area contributed by atoms with Gasteiger partial charge in [-0.25, -0.2) is 4.98 Å². The van der Waals surface area contributed by atoms with Crippen LogP contribution in [-0.2, 0) is 11.3 Å². The summed E-state index contributed by atoms with van der Waals surface area (Å²) in [4.78, 5) is 17.3. The molecule has 0 spiro atoms. The molecule has 0 bridgehead atoms. The zero-order valence-corrected chi connectivity index (χ0v) is 16.3. The van der Waals surface area contributed by atoms with Gasteiger partial charge in [-0.05, 0) is 36.3 Å². The first-order valence-corrected chi connectivity index (χ1v) is 9.73. The molecule has 144 valence electrons. The lowest BCUT2D eigenvalue weighted by atomic mass is 10.2. The molecule has 1 aromatic heterocycles. The van der Waals surface area contributed by atoms with Gasteiger partial charge in [0.05, 0.1) is 17.1 Å². The Hall–Kier alpha value is -3.66. The van der Waals surface area contributed by atoms with Crippen LogP contribution in [0.25, 0.3) is 17.1 Å². The third-order valence-corrected chi connectivity index (χ3v) is 4.84. The Balaban J connectivity index is 1.58. The summed E-state index contributed by atoms with van der Waals surface area (Å²) in [5.74, 6) is 0.705. The van der Waals surface area contributed by atoms with Crippen LogP contribution in [0.5, 0.6) is 0 Å². The summed E-state index contributed by atoms with van der Waals surface area (Å²) in [6.07, 6.45) is 3.38. The summed E-state index contributed by atoms with van der Waals surface area (Å²) >= 11 is 0. The molecular weight excluding hydrogens is 358 g/mol. The van der Waals surface area contributed by atoms with Gasteiger partial charge in [0.25, 0.3) is 0 Å². The Labute approximate surface area is 170 Å². The number of hydrogen-bond donors (Lipinski definition) is 1. The van der Waals surface area contributed by atoms with Crippen LogP contribution in [0.1, 0.15) is 29.9 Å². The largest absolute Gasteiger partial charge is 0.343 e. The van der Waals surface area contributed by atoms with E-state index in [9.17, 15) is 4.79 Å². The Bertz CT molecular complexity index is 1130. The third kappa shape index (κ3) is 4.43. The summed E-state index contributed by atoms with van der Waals surface area (Å²) in [6, 6.07) is 27.9. The Morgan fingerprint density at radius 2 is 1.62 bits per heavy atom. The van der Waals surface area contributed by atoms with Gasteiger partial charge in [0, 0.05) is 12.6 Å². The van der Waals surface area contributed by atoms with E-state index in [0.29, 0.717) is 6.54 Å². The van der Waals surface area contributed by atoms with Gasteiger partial charge in [-0.2, -0.15) is 0 Å². The lowest BCUT2D eigenvalue weighted by Crippen LogP contribution is -2.27. The van der Waals surface area contributed by atoms with Crippen LogP contribution < -0.4 is 5.32 Å². The van der Waals surface area contributed by atoms with E-state index in [0.717, 1.165) is 22.4 Å². The van der Waals surface area contributed by atoms with Crippen molar-refractivity contribution in [2.45, 2.75) is 19.5 Å². The lowest BCUT2D eigenvalue weighted by molar-refractivity contribution is -0.117. The molecule has 0 aliphatic rings. The fourth-order valence-electron chi connectivity index (χ4n) is 3.42. The second-order valence-electron chi connectivity index (χ2n) is 7.00. The number of hydrogen-bond acceptors (Lipinski definition) is 2. The van der Waals surface area contributed by atoms with E-state index in [4.69, 9.17) is 4.98 Å². The van der Waals surface area contributed by atoms with E-state index in [1.165, 1.54) is 5.56 Å². The fourth-order valence-corrected chi connectivity index (χ4v) is 3.42. The van der Waals surface area contributed by atoms with E-state index >= 15 is 0 Å². The van der Waals surface area contributed by atoms with Crippen LogP contribution in [-0.4, -0.2) is 15.5 Å². The van der Waals surface area contributed by atoms with Crippen LogP contribution in [0.3, 0.4) is 0 Å². The second kappa shape index (κ2) is 8.57. The first-order valence-electron chi connectivity index (χ1n) is 9.73. The van der Waals surface area contributed by atoms with Crippen molar-refractivity contribution in [2.24, 2.45) is 0 Å². The molecule has 1 amide bonds. The maximum Gasteiger partial charge on any atom is 0.244 e.